The van der Waals surface area contributed by atoms with Gasteiger partial charge in [-0.15, -0.1) is 12.4 Å². The Morgan fingerprint density at radius 3 is 2.13 bits per heavy atom. The first-order chi connectivity index (χ1) is 14.3. The van der Waals surface area contributed by atoms with Gasteiger partial charge in [-0.2, -0.15) is 0 Å². The smallest absolute Gasteiger partial charge is 0.309 e. The summed E-state index contributed by atoms with van der Waals surface area (Å²) in [5.41, 5.74) is 7.06. The van der Waals surface area contributed by atoms with Crippen molar-refractivity contribution < 1.29 is 9.53 Å². The first-order valence-electron chi connectivity index (χ1n) is 11.0. The fourth-order valence-corrected chi connectivity index (χ4v) is 4.68. The van der Waals surface area contributed by atoms with E-state index in [2.05, 4.69) is 59.5 Å². The number of carbonyl (C=O) groups excluding carboxylic acids is 1. The van der Waals surface area contributed by atoms with Crippen LogP contribution < -0.4 is 0 Å². The van der Waals surface area contributed by atoms with Gasteiger partial charge in [-0.25, -0.2) is 0 Å². The van der Waals surface area contributed by atoms with Crippen molar-refractivity contribution in [3.8, 4) is 0 Å². The quantitative estimate of drug-likeness (QED) is 0.608. The number of hydrogen-bond donors (Lipinski definition) is 0. The lowest BCUT2D eigenvalue weighted by atomic mass is 9.93. The molecule has 0 atom stereocenters. The second-order valence-electron chi connectivity index (χ2n) is 8.09. The number of carbonyl (C=O) groups is 1. The van der Waals surface area contributed by atoms with Crippen LogP contribution in [0.25, 0.3) is 5.57 Å². The van der Waals surface area contributed by atoms with Crippen molar-refractivity contribution >= 4 is 23.9 Å². The number of hydrogen-bond acceptors (Lipinski definition) is 3. The van der Waals surface area contributed by atoms with Crippen molar-refractivity contribution in [2.24, 2.45) is 5.92 Å². The van der Waals surface area contributed by atoms with Crippen molar-refractivity contribution in [1.29, 1.82) is 0 Å². The predicted octanol–water partition coefficient (Wildman–Crippen LogP) is 5.30. The minimum atomic E-state index is -0.0130. The Labute approximate surface area is 186 Å². The van der Waals surface area contributed by atoms with Gasteiger partial charge in [0.25, 0.3) is 0 Å². The largest absolute Gasteiger partial charge is 0.466 e. The maximum atomic E-state index is 11.9. The average molecular weight is 426 g/mol. The van der Waals surface area contributed by atoms with Gasteiger partial charge >= 0.3 is 5.97 Å². The molecule has 0 radical (unpaired) electrons. The van der Waals surface area contributed by atoms with Crippen molar-refractivity contribution in [2.75, 3.05) is 26.2 Å². The first kappa shape index (κ1) is 22.6. The van der Waals surface area contributed by atoms with Crippen LogP contribution in [0.5, 0.6) is 0 Å². The Morgan fingerprint density at radius 2 is 1.57 bits per heavy atom. The number of nitrogens with zero attached hydrogens (tertiary/aromatic N) is 1. The van der Waals surface area contributed by atoms with E-state index in [4.69, 9.17) is 4.74 Å². The number of halogens is 1. The van der Waals surface area contributed by atoms with E-state index in [-0.39, 0.29) is 24.3 Å². The van der Waals surface area contributed by atoms with Crippen LogP contribution in [0, 0.1) is 5.92 Å². The molecule has 0 N–H and O–H groups in total. The van der Waals surface area contributed by atoms with Gasteiger partial charge in [0, 0.05) is 6.54 Å². The number of rotatable bonds is 5. The zero-order chi connectivity index (χ0) is 20.1. The Hall–Kier alpha value is -2.10. The summed E-state index contributed by atoms with van der Waals surface area (Å²) in [7, 11) is 0. The molecular weight excluding hydrogens is 394 g/mol. The van der Waals surface area contributed by atoms with Crippen LogP contribution >= 0.6 is 12.4 Å². The second-order valence-corrected chi connectivity index (χ2v) is 8.09. The molecule has 3 nitrogen and oxygen atoms in total. The van der Waals surface area contributed by atoms with Gasteiger partial charge < -0.3 is 9.64 Å². The molecule has 0 saturated carbocycles. The molecule has 0 amide bonds. The molecule has 1 aliphatic carbocycles. The van der Waals surface area contributed by atoms with Crippen LogP contribution in [0.1, 0.15) is 48.4 Å². The van der Waals surface area contributed by atoms with Crippen LogP contribution in [0.4, 0.5) is 0 Å². The lowest BCUT2D eigenvalue weighted by Gasteiger charge is -2.30. The number of aryl methyl sites for hydroxylation is 2. The second kappa shape index (κ2) is 10.8. The maximum absolute atomic E-state index is 11.9. The average Bonchev–Trinajstić information content (AvgIpc) is 2.92. The zero-order valence-electron chi connectivity index (χ0n) is 17.8. The molecule has 0 bridgehead atoms. The van der Waals surface area contributed by atoms with Gasteiger partial charge in [0.2, 0.25) is 0 Å². The summed E-state index contributed by atoms with van der Waals surface area (Å²) in [6.45, 7) is 5.38. The molecule has 1 heterocycles. The summed E-state index contributed by atoms with van der Waals surface area (Å²) in [4.78, 5) is 14.4. The normalized spacial score (nSPS) is 16.6. The summed E-state index contributed by atoms with van der Waals surface area (Å²) in [5.74, 6) is 0.0751. The number of likely N-dealkylation sites (tertiary alicyclic amines) is 1. The SMILES string of the molecule is CCOC(=O)C1CCN(CCC=C2c3ccccc3CCc3ccccc32)CC1.Cl. The Balaban J connectivity index is 0.00000256. The summed E-state index contributed by atoms with van der Waals surface area (Å²) >= 11 is 0. The fraction of sp³-hybridized carbons (Fsp3) is 0.423. The number of benzene rings is 2. The van der Waals surface area contributed by atoms with Gasteiger partial charge in [-0.1, -0.05) is 54.6 Å². The van der Waals surface area contributed by atoms with Crippen molar-refractivity contribution in [2.45, 2.75) is 39.0 Å². The third-order valence-corrected chi connectivity index (χ3v) is 6.28. The first-order valence-corrected chi connectivity index (χ1v) is 11.0. The molecule has 0 unspecified atom stereocenters. The molecule has 1 fully saturated rings. The minimum absolute atomic E-state index is 0. The molecule has 4 heteroatoms. The van der Waals surface area contributed by atoms with E-state index in [1.165, 1.54) is 27.8 Å². The molecule has 160 valence electrons. The molecule has 0 spiro atoms. The highest BCUT2D eigenvalue weighted by Gasteiger charge is 2.25. The minimum Gasteiger partial charge on any atom is -0.466 e. The molecule has 4 rings (SSSR count). The summed E-state index contributed by atoms with van der Waals surface area (Å²) in [5, 5.41) is 0. The van der Waals surface area contributed by atoms with Crippen LogP contribution in [0.15, 0.2) is 54.6 Å². The summed E-state index contributed by atoms with van der Waals surface area (Å²) in [6.07, 6.45) is 7.50. The highest BCUT2D eigenvalue weighted by molar-refractivity contribution is 5.85. The lowest BCUT2D eigenvalue weighted by molar-refractivity contribution is -0.149. The van der Waals surface area contributed by atoms with E-state index in [9.17, 15) is 4.79 Å². The number of fused-ring (bicyclic) bond motifs is 2. The summed E-state index contributed by atoms with van der Waals surface area (Å²) in [6, 6.07) is 17.7. The van der Waals surface area contributed by atoms with Crippen LogP contribution in [-0.2, 0) is 22.4 Å². The van der Waals surface area contributed by atoms with Crippen molar-refractivity contribution in [3.63, 3.8) is 0 Å². The highest BCUT2D eigenvalue weighted by atomic mass is 35.5. The van der Waals surface area contributed by atoms with E-state index in [1.807, 2.05) is 6.92 Å². The van der Waals surface area contributed by atoms with Gasteiger partial charge in [0.05, 0.1) is 12.5 Å². The molecule has 30 heavy (non-hydrogen) atoms. The molecule has 1 aliphatic heterocycles. The predicted molar refractivity (Wildman–Crippen MR) is 125 cm³/mol. The van der Waals surface area contributed by atoms with Crippen LogP contribution in [0.3, 0.4) is 0 Å². The molecule has 2 aromatic carbocycles. The molecule has 2 aliphatic rings. The molecule has 2 aromatic rings. The third-order valence-electron chi connectivity index (χ3n) is 6.28. The summed E-state index contributed by atoms with van der Waals surface area (Å²) < 4.78 is 5.19. The Bertz CT molecular complexity index is 835. The van der Waals surface area contributed by atoms with Crippen molar-refractivity contribution in [1.82, 2.24) is 4.90 Å². The van der Waals surface area contributed by atoms with Crippen LogP contribution in [0.2, 0.25) is 0 Å². The van der Waals surface area contributed by atoms with E-state index in [1.54, 1.807) is 0 Å². The number of esters is 1. The molecular formula is C26H32ClNO2. The standard InChI is InChI=1S/C26H31NO2.ClH/c1-2-29-26(28)22-15-18-27(19-16-22)17-7-12-25-23-10-5-3-8-20(23)13-14-21-9-4-6-11-24(21)25;/h3-6,8-12,22H,2,7,13-19H2,1H3;1H. The Morgan fingerprint density at radius 1 is 1.00 bits per heavy atom. The van der Waals surface area contributed by atoms with Gasteiger partial charge in [-0.05, 0) is 79.9 Å². The lowest BCUT2D eigenvalue weighted by Crippen LogP contribution is -2.37. The van der Waals surface area contributed by atoms with E-state index < -0.39 is 0 Å². The van der Waals surface area contributed by atoms with Crippen LogP contribution in [-0.4, -0.2) is 37.1 Å². The highest BCUT2D eigenvalue weighted by Crippen LogP contribution is 2.33. The third kappa shape index (κ3) is 5.14. The van der Waals surface area contributed by atoms with Gasteiger partial charge in [0.15, 0.2) is 0 Å². The monoisotopic (exact) mass is 425 g/mol. The van der Waals surface area contributed by atoms with E-state index >= 15 is 0 Å². The molecule has 0 aromatic heterocycles. The molecule has 1 saturated heterocycles. The van der Waals surface area contributed by atoms with E-state index in [0.29, 0.717) is 6.61 Å². The number of ether oxygens (including phenoxy) is 1. The Kier molecular flexibility index (Phi) is 8.12. The van der Waals surface area contributed by atoms with Gasteiger partial charge in [-0.3, -0.25) is 4.79 Å². The maximum Gasteiger partial charge on any atom is 0.309 e. The van der Waals surface area contributed by atoms with E-state index in [0.717, 1.165) is 51.7 Å². The van der Waals surface area contributed by atoms with Crippen molar-refractivity contribution in [3.05, 3.63) is 76.9 Å². The topological polar surface area (TPSA) is 29.5 Å². The fourth-order valence-electron chi connectivity index (χ4n) is 4.68. The number of piperidine rings is 1. The van der Waals surface area contributed by atoms with Gasteiger partial charge in [0.1, 0.15) is 0 Å². The zero-order valence-corrected chi connectivity index (χ0v) is 18.6.